The van der Waals surface area contributed by atoms with Crippen molar-refractivity contribution in [2.24, 2.45) is 0 Å². The molecule has 0 bridgehead atoms. The molecule has 1 amide bonds. The average molecular weight is 477 g/mol. The highest BCUT2D eigenvalue weighted by Gasteiger charge is 2.23. The molecule has 0 unspecified atom stereocenters. The van der Waals surface area contributed by atoms with Crippen molar-refractivity contribution in [1.29, 1.82) is 0 Å². The number of carbonyl (C=O) groups excluding carboxylic acids is 1. The fraction of sp³-hybridized carbons (Fsp3) is 0.300. The Labute approximate surface area is 191 Å². The number of aromatic nitrogens is 4. The number of methoxy groups -OCH3 is 1. The van der Waals surface area contributed by atoms with E-state index >= 15 is 0 Å². The van der Waals surface area contributed by atoms with Gasteiger partial charge in [-0.1, -0.05) is 11.8 Å². The van der Waals surface area contributed by atoms with Crippen LogP contribution in [0.5, 0.6) is 5.75 Å². The first-order chi connectivity index (χ1) is 15.3. The van der Waals surface area contributed by atoms with E-state index in [1.165, 1.54) is 45.1 Å². The van der Waals surface area contributed by atoms with E-state index in [-0.39, 0.29) is 22.3 Å². The van der Waals surface area contributed by atoms with Gasteiger partial charge in [-0.05, 0) is 37.3 Å². The third kappa shape index (κ3) is 5.09. The van der Waals surface area contributed by atoms with Crippen molar-refractivity contribution in [2.45, 2.75) is 23.5 Å². The van der Waals surface area contributed by atoms with Gasteiger partial charge in [0.2, 0.25) is 15.9 Å². The van der Waals surface area contributed by atoms with E-state index in [2.05, 4.69) is 20.5 Å². The minimum absolute atomic E-state index is 0.0248. The molecule has 3 aromatic rings. The topological polar surface area (TPSA) is 119 Å². The van der Waals surface area contributed by atoms with Crippen LogP contribution < -0.4 is 10.1 Å². The molecule has 1 N–H and O–H groups in total. The SMILES string of the molecule is CCn1c(SCC(=O)Nc2ccc(OC)c(S(=O)(=O)N(C)C)c2)nnc1-c1ccncc1. The lowest BCUT2D eigenvalue weighted by Crippen LogP contribution is -2.23. The van der Waals surface area contributed by atoms with Crippen LogP contribution in [-0.2, 0) is 21.4 Å². The summed E-state index contributed by atoms with van der Waals surface area (Å²) in [5.74, 6) is 0.678. The lowest BCUT2D eigenvalue weighted by molar-refractivity contribution is -0.113. The fourth-order valence-corrected chi connectivity index (χ4v) is 4.75. The quantitative estimate of drug-likeness (QED) is 0.468. The maximum Gasteiger partial charge on any atom is 0.246 e. The lowest BCUT2D eigenvalue weighted by atomic mass is 10.2. The van der Waals surface area contributed by atoms with E-state index in [4.69, 9.17) is 4.74 Å². The third-order valence-corrected chi connectivity index (χ3v) is 7.31. The predicted octanol–water partition coefficient (Wildman–Crippen LogP) is 2.35. The molecule has 0 aliphatic carbocycles. The van der Waals surface area contributed by atoms with Crippen LogP contribution in [0.4, 0.5) is 5.69 Å². The summed E-state index contributed by atoms with van der Waals surface area (Å²) in [6, 6.07) is 8.17. The number of ether oxygens (including phenoxy) is 1. The zero-order valence-electron chi connectivity index (χ0n) is 18.1. The molecule has 2 heterocycles. The van der Waals surface area contributed by atoms with Gasteiger partial charge >= 0.3 is 0 Å². The second-order valence-corrected chi connectivity index (χ2v) is 9.84. The van der Waals surface area contributed by atoms with Crippen LogP contribution in [0.1, 0.15) is 6.92 Å². The van der Waals surface area contributed by atoms with Crippen molar-refractivity contribution in [3.05, 3.63) is 42.7 Å². The summed E-state index contributed by atoms with van der Waals surface area (Å²) in [6.07, 6.45) is 3.37. The van der Waals surface area contributed by atoms with Gasteiger partial charge in [0.25, 0.3) is 0 Å². The van der Waals surface area contributed by atoms with Crippen LogP contribution in [0.3, 0.4) is 0 Å². The molecule has 0 aliphatic heterocycles. The molecule has 2 aromatic heterocycles. The Morgan fingerprint density at radius 1 is 1.19 bits per heavy atom. The summed E-state index contributed by atoms with van der Waals surface area (Å²) in [6.45, 7) is 2.61. The Bertz CT molecular complexity index is 1200. The zero-order valence-corrected chi connectivity index (χ0v) is 19.8. The van der Waals surface area contributed by atoms with Gasteiger partial charge in [-0.3, -0.25) is 9.78 Å². The van der Waals surface area contributed by atoms with Crippen LogP contribution >= 0.6 is 11.8 Å². The molecule has 0 atom stereocenters. The van der Waals surface area contributed by atoms with Crippen LogP contribution in [-0.4, -0.2) is 65.3 Å². The van der Waals surface area contributed by atoms with Crippen molar-refractivity contribution >= 4 is 33.4 Å². The van der Waals surface area contributed by atoms with E-state index < -0.39 is 10.0 Å². The number of rotatable bonds is 9. The number of hydrogen-bond donors (Lipinski definition) is 1. The fourth-order valence-electron chi connectivity index (χ4n) is 2.87. The van der Waals surface area contributed by atoms with Crippen LogP contribution in [0, 0.1) is 0 Å². The van der Waals surface area contributed by atoms with Crippen LogP contribution in [0.25, 0.3) is 11.4 Å². The van der Waals surface area contributed by atoms with Gasteiger partial charge in [-0.15, -0.1) is 10.2 Å². The number of hydrogen-bond acceptors (Lipinski definition) is 8. The largest absolute Gasteiger partial charge is 0.495 e. The van der Waals surface area contributed by atoms with Crippen molar-refractivity contribution in [2.75, 3.05) is 32.3 Å². The highest BCUT2D eigenvalue weighted by atomic mass is 32.2. The van der Waals surface area contributed by atoms with E-state index in [9.17, 15) is 13.2 Å². The number of pyridine rings is 1. The van der Waals surface area contributed by atoms with Gasteiger partial charge < -0.3 is 14.6 Å². The summed E-state index contributed by atoms with van der Waals surface area (Å²) in [5.41, 5.74) is 1.24. The highest BCUT2D eigenvalue weighted by Crippen LogP contribution is 2.29. The van der Waals surface area contributed by atoms with Gasteiger partial charge in [-0.25, -0.2) is 12.7 Å². The number of anilines is 1. The first-order valence-electron chi connectivity index (χ1n) is 9.64. The molecule has 0 spiro atoms. The first-order valence-corrected chi connectivity index (χ1v) is 12.1. The molecule has 3 rings (SSSR count). The maximum absolute atomic E-state index is 12.6. The number of carbonyl (C=O) groups is 1. The molecule has 0 saturated carbocycles. The van der Waals surface area contributed by atoms with E-state index in [0.717, 1.165) is 9.87 Å². The van der Waals surface area contributed by atoms with E-state index in [0.29, 0.717) is 23.2 Å². The van der Waals surface area contributed by atoms with Crippen molar-refractivity contribution < 1.29 is 17.9 Å². The minimum atomic E-state index is -3.74. The summed E-state index contributed by atoms with van der Waals surface area (Å²) < 4.78 is 33.3. The number of thioether (sulfide) groups is 1. The standard InChI is InChI=1S/C20H24N6O4S2/c1-5-26-19(14-8-10-21-11-9-14)23-24-20(26)31-13-18(27)22-15-6-7-16(30-4)17(12-15)32(28,29)25(2)3/h6-12H,5,13H2,1-4H3,(H,22,27). The summed E-state index contributed by atoms with van der Waals surface area (Å²) in [4.78, 5) is 16.5. The smallest absolute Gasteiger partial charge is 0.246 e. The number of nitrogens with one attached hydrogen (secondary N) is 1. The minimum Gasteiger partial charge on any atom is -0.495 e. The Kier molecular flexibility index (Phi) is 7.48. The van der Waals surface area contributed by atoms with E-state index in [1.54, 1.807) is 18.5 Å². The van der Waals surface area contributed by atoms with Crippen molar-refractivity contribution in [3.63, 3.8) is 0 Å². The monoisotopic (exact) mass is 476 g/mol. The van der Waals surface area contributed by atoms with Gasteiger partial charge in [0.1, 0.15) is 10.6 Å². The number of amides is 1. The Morgan fingerprint density at radius 2 is 1.91 bits per heavy atom. The second-order valence-electron chi connectivity index (χ2n) is 6.78. The Hall–Kier alpha value is -2.96. The maximum atomic E-state index is 12.6. The summed E-state index contributed by atoms with van der Waals surface area (Å²) >= 11 is 1.25. The molecular weight excluding hydrogens is 452 g/mol. The molecule has 0 aliphatic rings. The van der Waals surface area contributed by atoms with Gasteiger partial charge in [-0.2, -0.15) is 0 Å². The number of nitrogens with zero attached hydrogens (tertiary/aromatic N) is 5. The van der Waals surface area contributed by atoms with Crippen molar-refractivity contribution in [1.82, 2.24) is 24.1 Å². The highest BCUT2D eigenvalue weighted by molar-refractivity contribution is 7.99. The first kappa shape index (κ1) is 23.7. The van der Waals surface area contributed by atoms with E-state index in [1.807, 2.05) is 23.6 Å². The number of sulfonamides is 1. The molecule has 1 aromatic carbocycles. The molecule has 12 heteroatoms. The van der Waals surface area contributed by atoms with Crippen LogP contribution in [0.15, 0.2) is 52.8 Å². The third-order valence-electron chi connectivity index (χ3n) is 4.51. The molecule has 170 valence electrons. The second kappa shape index (κ2) is 10.1. The van der Waals surface area contributed by atoms with Crippen LogP contribution in [0.2, 0.25) is 0 Å². The summed E-state index contributed by atoms with van der Waals surface area (Å²) in [7, 11) is 0.514. The summed E-state index contributed by atoms with van der Waals surface area (Å²) in [5, 5.41) is 11.8. The zero-order chi connectivity index (χ0) is 23.3. The van der Waals surface area contributed by atoms with Gasteiger partial charge in [0.05, 0.1) is 12.9 Å². The Balaban J connectivity index is 1.73. The molecular formula is C20H24N6O4S2. The molecule has 0 radical (unpaired) electrons. The number of benzene rings is 1. The molecule has 10 nitrogen and oxygen atoms in total. The van der Waals surface area contributed by atoms with Crippen molar-refractivity contribution in [3.8, 4) is 17.1 Å². The molecule has 0 fully saturated rings. The Morgan fingerprint density at radius 3 is 2.53 bits per heavy atom. The van der Waals surface area contributed by atoms with Gasteiger partial charge in [0.15, 0.2) is 11.0 Å². The average Bonchev–Trinajstić information content (AvgIpc) is 3.21. The lowest BCUT2D eigenvalue weighted by Gasteiger charge is -2.16. The normalized spacial score (nSPS) is 11.5. The predicted molar refractivity (Wildman–Crippen MR) is 122 cm³/mol. The molecule has 32 heavy (non-hydrogen) atoms. The molecule has 0 saturated heterocycles. The van der Waals surface area contributed by atoms with Gasteiger partial charge in [0, 0.05) is 44.3 Å².